The minimum Gasteiger partial charge on any atom is -0.347 e. The van der Waals surface area contributed by atoms with Gasteiger partial charge in [-0.3, -0.25) is 28.8 Å². The summed E-state index contributed by atoms with van der Waals surface area (Å²) in [5, 5.41) is 18.2. The van der Waals surface area contributed by atoms with Crippen LogP contribution in [-0.4, -0.2) is 102 Å². The molecule has 1 saturated heterocycles. The molecule has 6 amide bonds. The van der Waals surface area contributed by atoms with Crippen molar-refractivity contribution < 1.29 is 37.5 Å². The van der Waals surface area contributed by atoms with Gasteiger partial charge in [-0.1, -0.05) is 87.5 Å². The van der Waals surface area contributed by atoms with E-state index in [4.69, 9.17) is 0 Å². The molecule has 0 radical (unpaired) electrons. The molecule has 8 rings (SSSR count). The van der Waals surface area contributed by atoms with E-state index >= 15 is 9.59 Å². The predicted octanol–water partition coefficient (Wildman–Crippen LogP) is 5.76. The highest BCUT2D eigenvalue weighted by molar-refractivity contribution is 5.95. The number of likely N-dealkylation sites (N-methyl/N-ethyl adjacent to an activating group) is 2. The fraction of sp³-hybridized carbons (Fsp3) is 0.483. The van der Waals surface area contributed by atoms with Gasteiger partial charge in [-0.15, -0.1) is 0 Å². The smallest absolute Gasteiger partial charge is 0.246 e. The lowest BCUT2D eigenvalue weighted by molar-refractivity contribution is -0.145. The Morgan fingerprint density at radius 3 is 1.77 bits per heavy atom. The fourth-order valence-electron chi connectivity index (χ4n) is 11.2. The van der Waals surface area contributed by atoms with Crippen molar-refractivity contribution in [2.24, 2.45) is 5.41 Å². The Hall–Kier alpha value is -6.52. The molecule has 16 heteroatoms. The Kier molecular flexibility index (Phi) is 16.7. The van der Waals surface area contributed by atoms with Crippen LogP contribution in [0.2, 0.25) is 0 Å². The van der Waals surface area contributed by atoms with E-state index in [1.165, 1.54) is 10.5 Å². The van der Waals surface area contributed by atoms with E-state index in [1.54, 1.807) is 32.8 Å². The average Bonchev–Trinajstić information content (AvgIpc) is 3.84. The summed E-state index contributed by atoms with van der Waals surface area (Å²) in [6.07, 6.45) is 5.18. The quantitative estimate of drug-likeness (QED) is 0.0870. The first-order chi connectivity index (χ1) is 35.3. The summed E-state index contributed by atoms with van der Waals surface area (Å²) in [5.41, 5.74) is 6.21. The van der Waals surface area contributed by atoms with Gasteiger partial charge in [0.1, 0.15) is 35.8 Å². The second kappa shape index (κ2) is 22.9. The van der Waals surface area contributed by atoms with Gasteiger partial charge in [0, 0.05) is 37.9 Å². The number of nitrogens with zero attached hydrogens (tertiary/aromatic N) is 2. The molecule has 0 aromatic heterocycles. The molecule has 4 aliphatic rings. The van der Waals surface area contributed by atoms with Gasteiger partial charge < -0.3 is 41.7 Å². The van der Waals surface area contributed by atoms with E-state index < -0.39 is 65.1 Å². The zero-order valence-electron chi connectivity index (χ0n) is 43.7. The topological polar surface area (TPSA) is 181 Å². The second-order valence-corrected chi connectivity index (χ2v) is 21.8. The van der Waals surface area contributed by atoms with Crippen LogP contribution < -0.4 is 31.9 Å². The van der Waals surface area contributed by atoms with Crippen LogP contribution in [-0.2, 0) is 61.0 Å². The van der Waals surface area contributed by atoms with E-state index in [0.717, 1.165) is 83.7 Å². The molecule has 14 nitrogen and oxygen atoms in total. The van der Waals surface area contributed by atoms with E-state index in [9.17, 15) is 28.0 Å². The molecule has 1 fully saturated rings. The number of aryl methyl sites for hydroxylation is 2. The van der Waals surface area contributed by atoms with E-state index in [2.05, 4.69) is 44.0 Å². The molecule has 6 N–H and O–H groups in total. The summed E-state index contributed by atoms with van der Waals surface area (Å²) in [6, 6.07) is 18.9. The van der Waals surface area contributed by atoms with Crippen LogP contribution in [0.3, 0.4) is 0 Å². The number of hydrogen-bond donors (Lipinski definition) is 6. The zero-order valence-corrected chi connectivity index (χ0v) is 43.7. The van der Waals surface area contributed by atoms with Gasteiger partial charge in [-0.25, -0.2) is 8.78 Å². The SMILES string of the molecule is CN[C@@H](C)C(=O)N[C@@H](Cc1cc(F)cc(F)c1)C(=O)N1Cc2cc([C@H]3C[C@@H](C(=O)N[C@@H]4CCCc5ccccc54)N(C(=O)[C@@H](NC(=O)[C@H](C)NC)C(C)(C)C)C3)ccc2C[C@H]1C(=O)N[C@@H]1CCCc2ccccc21. The number of amides is 6. The second-order valence-electron chi connectivity index (χ2n) is 21.8. The number of carbonyl (C=O) groups is 6. The third kappa shape index (κ3) is 12.0. The van der Waals surface area contributed by atoms with Crippen molar-refractivity contribution in [1.82, 2.24) is 41.7 Å². The number of nitrogens with one attached hydrogen (secondary N) is 6. The highest BCUT2D eigenvalue weighted by atomic mass is 19.1. The van der Waals surface area contributed by atoms with Gasteiger partial charge in [-0.05, 0) is 135 Å². The first kappa shape index (κ1) is 53.8. The molecule has 2 aliphatic heterocycles. The van der Waals surface area contributed by atoms with Gasteiger partial charge in [0.15, 0.2) is 0 Å². The van der Waals surface area contributed by atoms with Gasteiger partial charge in [-0.2, -0.15) is 0 Å². The number of fused-ring (bicyclic) bond motifs is 3. The van der Waals surface area contributed by atoms with Crippen LogP contribution in [0.5, 0.6) is 0 Å². The van der Waals surface area contributed by atoms with Crippen molar-refractivity contribution >= 4 is 35.4 Å². The van der Waals surface area contributed by atoms with Gasteiger partial charge in [0.2, 0.25) is 35.4 Å². The summed E-state index contributed by atoms with van der Waals surface area (Å²) in [4.78, 5) is 89.7. The minimum absolute atomic E-state index is 0.0467. The lowest BCUT2D eigenvalue weighted by Gasteiger charge is -2.39. The van der Waals surface area contributed by atoms with Crippen molar-refractivity contribution in [2.45, 2.75) is 153 Å². The van der Waals surface area contributed by atoms with Crippen LogP contribution in [0.1, 0.15) is 129 Å². The average molecular weight is 1020 g/mol. The number of halogens is 2. The first-order valence-corrected chi connectivity index (χ1v) is 26.2. The van der Waals surface area contributed by atoms with Crippen molar-refractivity contribution in [3.05, 3.63) is 141 Å². The van der Waals surface area contributed by atoms with Gasteiger partial charge in [0.05, 0.1) is 24.2 Å². The van der Waals surface area contributed by atoms with Crippen molar-refractivity contribution in [3.8, 4) is 0 Å². The van der Waals surface area contributed by atoms with Crippen molar-refractivity contribution in [2.75, 3.05) is 20.6 Å². The van der Waals surface area contributed by atoms with Gasteiger partial charge in [0.25, 0.3) is 0 Å². The molecule has 0 saturated carbocycles. The summed E-state index contributed by atoms with van der Waals surface area (Å²) in [6.45, 7) is 9.10. The number of hydrogen-bond acceptors (Lipinski definition) is 8. The molecular weight excluding hydrogens is 943 g/mol. The number of rotatable bonds is 15. The summed E-state index contributed by atoms with van der Waals surface area (Å²) < 4.78 is 29.3. The molecule has 9 atom stereocenters. The Morgan fingerprint density at radius 1 is 0.649 bits per heavy atom. The molecule has 0 spiro atoms. The number of benzene rings is 4. The Labute approximate surface area is 433 Å². The highest BCUT2D eigenvalue weighted by Gasteiger charge is 2.47. The lowest BCUT2D eigenvalue weighted by atomic mass is 9.85. The monoisotopic (exact) mass is 1010 g/mol. The van der Waals surface area contributed by atoms with E-state index in [0.29, 0.717) is 6.42 Å². The van der Waals surface area contributed by atoms with Crippen LogP contribution >= 0.6 is 0 Å². The Bertz CT molecular complexity index is 2740. The summed E-state index contributed by atoms with van der Waals surface area (Å²) >= 11 is 0. The van der Waals surface area contributed by atoms with Crippen molar-refractivity contribution in [1.29, 1.82) is 0 Å². The minimum atomic E-state index is -1.31. The maximum atomic E-state index is 15.2. The Morgan fingerprint density at radius 2 is 1.20 bits per heavy atom. The lowest BCUT2D eigenvalue weighted by Crippen LogP contribution is -2.59. The predicted molar refractivity (Wildman–Crippen MR) is 278 cm³/mol. The standard InChI is InChI=1S/C58H72F2N8O6/c1-33(61-6)52(69)65-48(26-35-24-42(59)30-43(60)25-35)56(73)67-31-40-27-38(22-23-39(40)28-49(67)54(71)63-46-20-12-16-36-14-8-10-18-44(36)46)41-29-50(55(72)64-47-21-13-17-37-15-9-11-19-45(37)47)68(32-41)57(74)51(58(3,4)5)66-53(70)34(2)62-7/h8-11,14-15,18-19,22-25,27,30,33-34,41,46-51,61-62H,12-13,16-17,20-21,26,28-29,31-32H2,1-7H3,(H,63,71)(H,64,72)(H,65,69)(H,66,70)/t33-,34-,41-,46+,47+,48-,49-,50-,51+/m0/s1. The van der Waals surface area contributed by atoms with E-state index in [-0.39, 0.29) is 79.5 Å². The van der Waals surface area contributed by atoms with Crippen LogP contribution in [0, 0.1) is 17.0 Å². The largest absolute Gasteiger partial charge is 0.347 e. The van der Waals surface area contributed by atoms with Crippen LogP contribution in [0.15, 0.2) is 84.9 Å². The summed E-state index contributed by atoms with van der Waals surface area (Å²) in [5.74, 6) is -4.51. The fourth-order valence-corrected chi connectivity index (χ4v) is 11.2. The molecule has 0 bridgehead atoms. The van der Waals surface area contributed by atoms with Crippen molar-refractivity contribution in [3.63, 3.8) is 0 Å². The molecule has 2 aliphatic carbocycles. The number of carbonyl (C=O) groups excluding carboxylic acids is 6. The van der Waals surface area contributed by atoms with Crippen LogP contribution in [0.25, 0.3) is 0 Å². The molecular formula is C58H72F2N8O6. The molecule has 394 valence electrons. The molecule has 74 heavy (non-hydrogen) atoms. The highest BCUT2D eigenvalue weighted by Crippen LogP contribution is 2.38. The maximum absolute atomic E-state index is 15.2. The van der Waals surface area contributed by atoms with E-state index in [1.807, 2.05) is 75.4 Å². The normalized spacial score (nSPS) is 21.9. The third-order valence-electron chi connectivity index (χ3n) is 15.7. The molecule has 4 aromatic rings. The molecule has 4 aromatic carbocycles. The van der Waals surface area contributed by atoms with Crippen LogP contribution in [0.4, 0.5) is 8.78 Å². The van der Waals surface area contributed by atoms with Gasteiger partial charge >= 0.3 is 0 Å². The first-order valence-electron chi connectivity index (χ1n) is 26.2. The number of likely N-dealkylation sites (tertiary alicyclic amines) is 1. The molecule has 0 unspecified atom stereocenters. The third-order valence-corrected chi connectivity index (χ3v) is 15.7. The maximum Gasteiger partial charge on any atom is 0.246 e. The zero-order chi connectivity index (χ0) is 53.0. The Balaban J connectivity index is 1.14. The summed E-state index contributed by atoms with van der Waals surface area (Å²) in [7, 11) is 3.27. The molecule has 2 heterocycles.